The molecule has 3 nitrogen and oxygen atoms in total. The Bertz CT molecular complexity index is 374. The van der Waals surface area contributed by atoms with E-state index in [1.165, 1.54) is 12.1 Å². The summed E-state index contributed by atoms with van der Waals surface area (Å²) in [5.41, 5.74) is 0.464. The van der Waals surface area contributed by atoms with Gasteiger partial charge in [-0.25, -0.2) is 4.39 Å². The summed E-state index contributed by atoms with van der Waals surface area (Å²) in [6.45, 7) is 6.30. The van der Waals surface area contributed by atoms with Crippen molar-refractivity contribution in [3.8, 4) is 0 Å². The molecular formula is C13H20FNO2. The third kappa shape index (κ3) is 3.98. The molecule has 0 spiro atoms. The number of benzene rings is 1. The van der Waals surface area contributed by atoms with Crippen LogP contribution in [0.25, 0.3) is 0 Å². The zero-order valence-electron chi connectivity index (χ0n) is 10.6. The topological polar surface area (TPSA) is 43.7 Å². The summed E-state index contributed by atoms with van der Waals surface area (Å²) >= 11 is 0. The fourth-order valence-electron chi connectivity index (χ4n) is 1.82. The van der Waals surface area contributed by atoms with Crippen molar-refractivity contribution in [1.29, 1.82) is 0 Å². The van der Waals surface area contributed by atoms with Gasteiger partial charge in [-0.3, -0.25) is 0 Å². The molecule has 2 N–H and O–H groups in total. The molecule has 0 aliphatic rings. The third-order valence-corrected chi connectivity index (χ3v) is 2.51. The van der Waals surface area contributed by atoms with Crippen molar-refractivity contribution in [3.05, 3.63) is 29.6 Å². The van der Waals surface area contributed by atoms with E-state index in [4.69, 9.17) is 0 Å². The largest absolute Gasteiger partial charge is 0.392 e. The van der Waals surface area contributed by atoms with Gasteiger partial charge in [0.25, 0.3) is 0 Å². The minimum Gasteiger partial charge on any atom is -0.392 e. The lowest BCUT2D eigenvalue weighted by atomic mass is 10.1. The van der Waals surface area contributed by atoms with E-state index in [-0.39, 0.29) is 12.4 Å². The van der Waals surface area contributed by atoms with Crippen molar-refractivity contribution >= 4 is 5.69 Å². The smallest absolute Gasteiger partial charge is 0.123 e. The standard InChI is InChI=1S/C13H20FNO2/c1-4-15(9-13(2,3)17)12-6-5-11(14)7-10(12)8-16/h5-7,16-17H,4,8-9H2,1-3H3. The molecule has 0 aliphatic carbocycles. The monoisotopic (exact) mass is 241 g/mol. The second kappa shape index (κ2) is 5.47. The number of hydrogen-bond donors (Lipinski definition) is 2. The molecule has 1 aromatic rings. The van der Waals surface area contributed by atoms with Gasteiger partial charge in [-0.05, 0) is 39.0 Å². The molecule has 0 bridgehead atoms. The van der Waals surface area contributed by atoms with Crippen LogP contribution in [0.2, 0.25) is 0 Å². The lowest BCUT2D eigenvalue weighted by Gasteiger charge is -2.31. The van der Waals surface area contributed by atoms with Gasteiger partial charge in [0.05, 0.1) is 12.2 Å². The van der Waals surface area contributed by atoms with Gasteiger partial charge in [0, 0.05) is 24.3 Å². The van der Waals surface area contributed by atoms with Crippen LogP contribution >= 0.6 is 0 Å². The normalized spacial score (nSPS) is 11.6. The summed E-state index contributed by atoms with van der Waals surface area (Å²) in [6, 6.07) is 4.32. The van der Waals surface area contributed by atoms with E-state index in [1.807, 2.05) is 11.8 Å². The first kappa shape index (κ1) is 13.9. The Labute approximate surface area is 101 Å². The fraction of sp³-hybridized carbons (Fsp3) is 0.538. The van der Waals surface area contributed by atoms with E-state index in [1.54, 1.807) is 19.9 Å². The molecule has 1 rings (SSSR count). The molecule has 0 fully saturated rings. The molecule has 0 unspecified atom stereocenters. The van der Waals surface area contributed by atoms with E-state index in [0.29, 0.717) is 18.7 Å². The second-order valence-electron chi connectivity index (χ2n) is 4.76. The molecule has 4 heteroatoms. The maximum absolute atomic E-state index is 13.1. The van der Waals surface area contributed by atoms with Gasteiger partial charge in [0.15, 0.2) is 0 Å². The highest BCUT2D eigenvalue weighted by molar-refractivity contribution is 5.53. The first-order chi connectivity index (χ1) is 7.87. The Morgan fingerprint density at radius 3 is 2.47 bits per heavy atom. The van der Waals surface area contributed by atoms with Gasteiger partial charge < -0.3 is 15.1 Å². The molecule has 0 aromatic heterocycles. The highest BCUT2D eigenvalue weighted by Crippen LogP contribution is 2.23. The quantitative estimate of drug-likeness (QED) is 0.827. The van der Waals surface area contributed by atoms with Crippen LogP contribution in [0, 0.1) is 5.82 Å². The number of likely N-dealkylation sites (N-methyl/N-ethyl adjacent to an activating group) is 1. The SMILES string of the molecule is CCN(CC(C)(C)O)c1ccc(F)cc1CO. The molecule has 96 valence electrons. The Morgan fingerprint density at radius 1 is 1.35 bits per heavy atom. The van der Waals surface area contributed by atoms with Crippen molar-refractivity contribution in [3.63, 3.8) is 0 Å². The Hall–Kier alpha value is -1.13. The van der Waals surface area contributed by atoms with Crippen LogP contribution in [0.1, 0.15) is 26.3 Å². The molecule has 0 saturated carbocycles. The van der Waals surface area contributed by atoms with E-state index in [9.17, 15) is 14.6 Å². The third-order valence-electron chi connectivity index (χ3n) is 2.51. The first-order valence-electron chi connectivity index (χ1n) is 5.74. The van der Waals surface area contributed by atoms with Crippen molar-refractivity contribution < 1.29 is 14.6 Å². The van der Waals surface area contributed by atoms with Crippen LogP contribution in [0.15, 0.2) is 18.2 Å². The number of halogens is 1. The van der Waals surface area contributed by atoms with Crippen molar-refractivity contribution in [2.24, 2.45) is 0 Å². The zero-order chi connectivity index (χ0) is 13.1. The van der Waals surface area contributed by atoms with Crippen LogP contribution in [0.5, 0.6) is 0 Å². The molecule has 0 heterocycles. The zero-order valence-corrected chi connectivity index (χ0v) is 10.6. The van der Waals surface area contributed by atoms with Crippen molar-refractivity contribution in [2.45, 2.75) is 33.0 Å². The molecule has 0 saturated heterocycles. The summed E-state index contributed by atoms with van der Waals surface area (Å²) in [7, 11) is 0. The Balaban J connectivity index is 3.03. The summed E-state index contributed by atoms with van der Waals surface area (Å²) in [5, 5.41) is 19.1. The number of rotatable bonds is 5. The summed E-state index contributed by atoms with van der Waals surface area (Å²) < 4.78 is 13.1. The van der Waals surface area contributed by atoms with Gasteiger partial charge >= 0.3 is 0 Å². The fourth-order valence-corrected chi connectivity index (χ4v) is 1.82. The van der Waals surface area contributed by atoms with Gasteiger partial charge in [-0.2, -0.15) is 0 Å². The summed E-state index contributed by atoms with van der Waals surface area (Å²) in [4.78, 5) is 1.92. The van der Waals surface area contributed by atoms with E-state index in [0.717, 1.165) is 5.69 Å². The lowest BCUT2D eigenvalue weighted by molar-refractivity contribution is 0.0875. The first-order valence-corrected chi connectivity index (χ1v) is 5.74. The molecule has 1 aromatic carbocycles. The predicted molar refractivity (Wildman–Crippen MR) is 66.5 cm³/mol. The molecule has 17 heavy (non-hydrogen) atoms. The van der Waals surface area contributed by atoms with E-state index in [2.05, 4.69) is 0 Å². The van der Waals surface area contributed by atoms with E-state index < -0.39 is 5.60 Å². The lowest BCUT2D eigenvalue weighted by Crippen LogP contribution is -2.39. The molecular weight excluding hydrogens is 221 g/mol. The number of nitrogens with zero attached hydrogens (tertiary/aromatic N) is 1. The van der Waals surface area contributed by atoms with Crippen LogP contribution in [-0.2, 0) is 6.61 Å². The minimum atomic E-state index is -0.836. The minimum absolute atomic E-state index is 0.213. The number of aliphatic hydroxyl groups is 2. The van der Waals surface area contributed by atoms with E-state index >= 15 is 0 Å². The van der Waals surface area contributed by atoms with Gasteiger partial charge in [0.1, 0.15) is 5.82 Å². The van der Waals surface area contributed by atoms with Crippen molar-refractivity contribution in [1.82, 2.24) is 0 Å². The summed E-state index contributed by atoms with van der Waals surface area (Å²) in [5.74, 6) is -0.364. The van der Waals surface area contributed by atoms with Gasteiger partial charge in [0.2, 0.25) is 0 Å². The second-order valence-corrected chi connectivity index (χ2v) is 4.76. The number of aliphatic hydroxyl groups excluding tert-OH is 1. The molecule has 0 amide bonds. The van der Waals surface area contributed by atoms with Crippen LogP contribution in [0.3, 0.4) is 0 Å². The average Bonchev–Trinajstić information content (AvgIpc) is 2.24. The molecule has 0 aliphatic heterocycles. The number of anilines is 1. The summed E-state index contributed by atoms with van der Waals surface area (Å²) in [6.07, 6.45) is 0. The van der Waals surface area contributed by atoms with Gasteiger partial charge in [-0.15, -0.1) is 0 Å². The Morgan fingerprint density at radius 2 is 2.00 bits per heavy atom. The van der Waals surface area contributed by atoms with Crippen molar-refractivity contribution in [2.75, 3.05) is 18.0 Å². The predicted octanol–water partition coefficient (Wildman–Crippen LogP) is 1.92. The highest BCUT2D eigenvalue weighted by atomic mass is 19.1. The Kier molecular flexibility index (Phi) is 4.48. The number of hydrogen-bond acceptors (Lipinski definition) is 3. The van der Waals surface area contributed by atoms with Crippen LogP contribution in [0.4, 0.5) is 10.1 Å². The maximum atomic E-state index is 13.1. The van der Waals surface area contributed by atoms with Gasteiger partial charge in [-0.1, -0.05) is 0 Å². The highest BCUT2D eigenvalue weighted by Gasteiger charge is 2.19. The van der Waals surface area contributed by atoms with Crippen LogP contribution < -0.4 is 4.90 Å². The van der Waals surface area contributed by atoms with Crippen LogP contribution in [-0.4, -0.2) is 28.9 Å². The molecule has 0 radical (unpaired) electrons. The maximum Gasteiger partial charge on any atom is 0.123 e. The average molecular weight is 241 g/mol. The molecule has 0 atom stereocenters.